The third-order valence-electron chi connectivity index (χ3n) is 4.13. The first-order valence-corrected chi connectivity index (χ1v) is 7.84. The predicted octanol–water partition coefficient (Wildman–Crippen LogP) is 1.27. The molecule has 5 nitrogen and oxygen atoms in total. The van der Waals surface area contributed by atoms with Crippen molar-refractivity contribution in [2.75, 3.05) is 32.8 Å². The molecule has 1 saturated carbocycles. The van der Waals surface area contributed by atoms with Crippen molar-refractivity contribution < 1.29 is 14.3 Å². The number of esters is 1. The molecule has 0 radical (unpaired) electrons. The topological polar surface area (TPSA) is 49.9 Å². The fourth-order valence-corrected chi connectivity index (χ4v) is 2.96. The molecule has 1 aliphatic carbocycles. The Kier molecular flexibility index (Phi) is 5.40. The van der Waals surface area contributed by atoms with Gasteiger partial charge >= 0.3 is 5.97 Å². The van der Waals surface area contributed by atoms with Gasteiger partial charge in [0, 0.05) is 19.1 Å². The van der Waals surface area contributed by atoms with Gasteiger partial charge < -0.3 is 9.64 Å². The van der Waals surface area contributed by atoms with Crippen LogP contribution in [-0.2, 0) is 14.3 Å². The summed E-state index contributed by atoms with van der Waals surface area (Å²) in [7, 11) is 0. The zero-order valence-electron chi connectivity index (χ0n) is 12.6. The van der Waals surface area contributed by atoms with Gasteiger partial charge in [0.1, 0.15) is 0 Å². The number of nitrogens with zero attached hydrogens (tertiary/aromatic N) is 2. The first-order chi connectivity index (χ1) is 9.65. The number of piperidine rings is 1. The van der Waals surface area contributed by atoms with Gasteiger partial charge in [-0.25, -0.2) is 0 Å². The molecule has 0 N–H and O–H groups in total. The molecular formula is C15H26N2O3. The normalized spacial score (nSPS) is 23.4. The van der Waals surface area contributed by atoms with Gasteiger partial charge in [0.2, 0.25) is 5.91 Å². The Morgan fingerprint density at radius 2 is 2.00 bits per heavy atom. The molecule has 0 bridgehead atoms. The van der Waals surface area contributed by atoms with Gasteiger partial charge in [-0.05, 0) is 46.1 Å². The monoisotopic (exact) mass is 282 g/mol. The van der Waals surface area contributed by atoms with Crippen LogP contribution in [0.4, 0.5) is 0 Å². The Hall–Kier alpha value is -1.10. The molecule has 0 spiro atoms. The summed E-state index contributed by atoms with van der Waals surface area (Å²) in [6.45, 7) is 7.10. The lowest BCUT2D eigenvalue weighted by atomic mass is 9.98. The Balaban J connectivity index is 1.82. The Labute approximate surface area is 121 Å². The van der Waals surface area contributed by atoms with E-state index in [4.69, 9.17) is 4.74 Å². The Morgan fingerprint density at radius 3 is 2.60 bits per heavy atom. The molecule has 5 heteroatoms. The van der Waals surface area contributed by atoms with Gasteiger partial charge in [-0.1, -0.05) is 0 Å². The largest absolute Gasteiger partial charge is 0.466 e. The number of hydrogen-bond donors (Lipinski definition) is 0. The fourth-order valence-electron chi connectivity index (χ4n) is 2.96. The number of hydrogen-bond acceptors (Lipinski definition) is 4. The summed E-state index contributed by atoms with van der Waals surface area (Å²) < 4.78 is 5.09. The maximum Gasteiger partial charge on any atom is 0.310 e. The van der Waals surface area contributed by atoms with Crippen molar-refractivity contribution in [1.29, 1.82) is 0 Å². The van der Waals surface area contributed by atoms with Gasteiger partial charge in [0.15, 0.2) is 0 Å². The Bertz CT molecular complexity index is 355. The standard InChI is InChI=1S/C15H26N2O3/c1-3-17(13-7-8-13)14(18)11-16-9-5-6-12(10-16)15(19)20-4-2/h12-13H,3-11H2,1-2H3/t12-/m1/s1. The van der Waals surface area contributed by atoms with E-state index in [1.165, 1.54) is 0 Å². The fraction of sp³-hybridized carbons (Fsp3) is 0.867. The van der Waals surface area contributed by atoms with Crippen LogP contribution in [0, 0.1) is 5.92 Å². The number of ether oxygens (including phenoxy) is 1. The highest BCUT2D eigenvalue weighted by molar-refractivity contribution is 5.79. The third kappa shape index (κ3) is 3.95. The maximum absolute atomic E-state index is 12.3. The highest BCUT2D eigenvalue weighted by Crippen LogP contribution is 2.27. The summed E-state index contributed by atoms with van der Waals surface area (Å²) >= 11 is 0. The molecule has 0 unspecified atom stereocenters. The number of amides is 1. The van der Waals surface area contributed by atoms with Gasteiger partial charge in [0.05, 0.1) is 19.1 Å². The van der Waals surface area contributed by atoms with Crippen LogP contribution in [0.2, 0.25) is 0 Å². The van der Waals surface area contributed by atoms with Crippen molar-refractivity contribution in [1.82, 2.24) is 9.80 Å². The number of likely N-dealkylation sites (tertiary alicyclic amines) is 1. The number of carbonyl (C=O) groups excluding carboxylic acids is 2. The lowest BCUT2D eigenvalue weighted by molar-refractivity contribution is -0.150. The van der Waals surface area contributed by atoms with Crippen molar-refractivity contribution in [3.63, 3.8) is 0 Å². The van der Waals surface area contributed by atoms with Crippen molar-refractivity contribution in [2.45, 2.75) is 45.6 Å². The van der Waals surface area contributed by atoms with Crippen LogP contribution in [0.25, 0.3) is 0 Å². The highest BCUT2D eigenvalue weighted by Gasteiger charge is 2.33. The number of carbonyl (C=O) groups is 2. The maximum atomic E-state index is 12.3. The summed E-state index contributed by atoms with van der Waals surface area (Å²) in [5, 5.41) is 0. The molecule has 2 fully saturated rings. The van der Waals surface area contributed by atoms with Crippen LogP contribution < -0.4 is 0 Å². The first kappa shape index (κ1) is 15.3. The molecule has 2 rings (SSSR count). The SMILES string of the molecule is CCOC(=O)[C@@H]1CCCN(CC(=O)N(CC)C2CC2)C1. The van der Waals surface area contributed by atoms with E-state index in [1.54, 1.807) is 0 Å². The van der Waals surface area contributed by atoms with Gasteiger partial charge in [-0.15, -0.1) is 0 Å². The zero-order valence-corrected chi connectivity index (χ0v) is 12.6. The number of rotatable bonds is 6. The van der Waals surface area contributed by atoms with Crippen molar-refractivity contribution in [3.8, 4) is 0 Å². The average molecular weight is 282 g/mol. The molecule has 114 valence electrons. The van der Waals surface area contributed by atoms with E-state index in [0.29, 0.717) is 25.7 Å². The van der Waals surface area contributed by atoms with Crippen LogP contribution in [0.3, 0.4) is 0 Å². The van der Waals surface area contributed by atoms with E-state index in [0.717, 1.165) is 38.8 Å². The van der Waals surface area contributed by atoms with Crippen LogP contribution >= 0.6 is 0 Å². The first-order valence-electron chi connectivity index (χ1n) is 7.84. The van der Waals surface area contributed by atoms with Crippen molar-refractivity contribution in [2.24, 2.45) is 5.92 Å². The molecule has 0 aromatic rings. The zero-order chi connectivity index (χ0) is 14.5. The van der Waals surface area contributed by atoms with E-state index >= 15 is 0 Å². The van der Waals surface area contributed by atoms with Gasteiger partial charge in [-0.2, -0.15) is 0 Å². The van der Waals surface area contributed by atoms with E-state index in [-0.39, 0.29) is 17.8 Å². The quantitative estimate of drug-likeness (QED) is 0.689. The molecule has 1 saturated heterocycles. The molecule has 0 aromatic heterocycles. The van der Waals surface area contributed by atoms with Crippen molar-refractivity contribution in [3.05, 3.63) is 0 Å². The Morgan fingerprint density at radius 1 is 1.25 bits per heavy atom. The van der Waals surface area contributed by atoms with Crippen LogP contribution in [0.5, 0.6) is 0 Å². The molecule has 0 aromatic carbocycles. The van der Waals surface area contributed by atoms with E-state index in [1.807, 2.05) is 18.7 Å². The molecule has 1 atom stereocenters. The second-order valence-electron chi connectivity index (χ2n) is 5.74. The summed E-state index contributed by atoms with van der Waals surface area (Å²) in [6.07, 6.45) is 4.13. The van der Waals surface area contributed by atoms with Gasteiger partial charge in [0.25, 0.3) is 0 Å². The van der Waals surface area contributed by atoms with Crippen LogP contribution in [0.15, 0.2) is 0 Å². The highest BCUT2D eigenvalue weighted by atomic mass is 16.5. The molecule has 1 amide bonds. The summed E-state index contributed by atoms with van der Waals surface area (Å²) in [6, 6.07) is 0.471. The summed E-state index contributed by atoms with van der Waals surface area (Å²) in [4.78, 5) is 28.2. The second-order valence-corrected chi connectivity index (χ2v) is 5.74. The lowest BCUT2D eigenvalue weighted by Gasteiger charge is -2.32. The minimum absolute atomic E-state index is 0.0625. The lowest BCUT2D eigenvalue weighted by Crippen LogP contribution is -2.46. The third-order valence-corrected chi connectivity index (χ3v) is 4.13. The van der Waals surface area contributed by atoms with E-state index < -0.39 is 0 Å². The molecule has 2 aliphatic rings. The van der Waals surface area contributed by atoms with E-state index in [2.05, 4.69) is 4.90 Å². The van der Waals surface area contributed by atoms with Gasteiger partial charge in [-0.3, -0.25) is 14.5 Å². The number of likely N-dealkylation sites (N-methyl/N-ethyl adjacent to an activating group) is 1. The minimum Gasteiger partial charge on any atom is -0.466 e. The second kappa shape index (κ2) is 7.07. The predicted molar refractivity (Wildman–Crippen MR) is 76.2 cm³/mol. The average Bonchev–Trinajstić information content (AvgIpc) is 3.25. The summed E-state index contributed by atoms with van der Waals surface area (Å²) in [5.74, 6) is 0.0335. The minimum atomic E-state index is -0.112. The molecule has 1 aliphatic heterocycles. The molecule has 1 heterocycles. The molecular weight excluding hydrogens is 256 g/mol. The van der Waals surface area contributed by atoms with Crippen LogP contribution in [0.1, 0.15) is 39.5 Å². The van der Waals surface area contributed by atoms with Crippen LogP contribution in [-0.4, -0.2) is 60.5 Å². The van der Waals surface area contributed by atoms with E-state index in [9.17, 15) is 9.59 Å². The smallest absolute Gasteiger partial charge is 0.310 e. The molecule has 20 heavy (non-hydrogen) atoms. The summed E-state index contributed by atoms with van der Waals surface area (Å²) in [5.41, 5.74) is 0. The van der Waals surface area contributed by atoms with Crippen molar-refractivity contribution >= 4 is 11.9 Å².